The number of rotatable bonds is 8. The molecule has 1 aliphatic heterocycles. The molecule has 1 heterocycles. The highest BCUT2D eigenvalue weighted by atomic mass is 16.5. The average Bonchev–Trinajstić information content (AvgIpc) is 2.78. The van der Waals surface area contributed by atoms with E-state index in [9.17, 15) is 4.79 Å². The molecule has 0 radical (unpaired) electrons. The summed E-state index contributed by atoms with van der Waals surface area (Å²) in [6.45, 7) is 10.8. The molecule has 0 aliphatic carbocycles. The third-order valence-corrected chi connectivity index (χ3v) is 6.03. The second-order valence-electron chi connectivity index (χ2n) is 8.50. The third kappa shape index (κ3) is 5.76. The van der Waals surface area contributed by atoms with Gasteiger partial charge in [0.25, 0.3) is 5.91 Å². The van der Waals surface area contributed by atoms with Crippen molar-refractivity contribution < 1.29 is 14.4 Å². The van der Waals surface area contributed by atoms with E-state index in [4.69, 9.17) is 4.74 Å². The van der Waals surface area contributed by atoms with Crippen molar-refractivity contribution in [3.05, 3.63) is 59.7 Å². The van der Waals surface area contributed by atoms with Gasteiger partial charge < -0.3 is 19.9 Å². The number of benzene rings is 2. The predicted octanol–water partition coefficient (Wildman–Crippen LogP) is 2.48. The summed E-state index contributed by atoms with van der Waals surface area (Å²) in [4.78, 5) is 16.5. The Bertz CT molecular complexity index is 811. The molecular weight excluding hydrogens is 374 g/mol. The summed E-state index contributed by atoms with van der Waals surface area (Å²) >= 11 is 0. The van der Waals surface area contributed by atoms with Crippen LogP contribution in [-0.4, -0.2) is 45.7 Å². The van der Waals surface area contributed by atoms with Crippen molar-refractivity contribution >= 4 is 11.6 Å². The summed E-state index contributed by atoms with van der Waals surface area (Å²) in [5.41, 5.74) is 3.70. The van der Waals surface area contributed by atoms with Crippen LogP contribution >= 0.6 is 0 Å². The number of piperazine rings is 1. The lowest BCUT2D eigenvalue weighted by molar-refractivity contribution is -0.892. The Hall–Kier alpha value is -2.53. The molecule has 0 unspecified atom stereocenters. The molecule has 0 bridgehead atoms. The second kappa shape index (κ2) is 10.5. The maximum absolute atomic E-state index is 12.8. The van der Waals surface area contributed by atoms with E-state index >= 15 is 0 Å². The molecule has 0 aromatic heterocycles. The quantitative estimate of drug-likeness (QED) is 0.703. The first-order chi connectivity index (χ1) is 14.5. The Morgan fingerprint density at radius 1 is 1.13 bits per heavy atom. The molecule has 1 aliphatic rings. The first kappa shape index (κ1) is 22.2. The van der Waals surface area contributed by atoms with E-state index in [0.29, 0.717) is 12.5 Å². The van der Waals surface area contributed by atoms with Crippen LogP contribution in [0.15, 0.2) is 48.5 Å². The molecule has 162 valence electrons. The number of methoxy groups -OCH3 is 1. The van der Waals surface area contributed by atoms with Gasteiger partial charge in [-0.1, -0.05) is 51.1 Å². The van der Waals surface area contributed by atoms with E-state index in [0.717, 1.165) is 38.3 Å². The number of anilines is 1. The number of quaternary nitrogens is 1. The van der Waals surface area contributed by atoms with Gasteiger partial charge in [-0.25, -0.2) is 0 Å². The minimum absolute atomic E-state index is 0.0564. The standard InChI is InChI=1S/C25H35N3O2/c1-5-20-9-11-21(12-10-20)25(19(2)3)26-24(29)18-27-13-15-28(16-14-27)22-7-6-8-23(17-22)30-4/h6-12,17,19,25H,5,13-16,18H2,1-4H3,(H,26,29)/p+1/t25-/m0/s1. The van der Waals surface area contributed by atoms with Gasteiger partial charge in [0.05, 0.1) is 39.3 Å². The zero-order chi connectivity index (χ0) is 21.5. The summed E-state index contributed by atoms with van der Waals surface area (Å²) in [5, 5.41) is 3.29. The normalized spacial score (nSPS) is 15.8. The SMILES string of the molecule is CCc1ccc([C@@H](NC(=O)C[NH+]2CCN(c3cccc(OC)c3)CC2)C(C)C)cc1. The monoisotopic (exact) mass is 410 g/mol. The number of carbonyl (C=O) groups excluding carboxylic acids is 1. The van der Waals surface area contributed by atoms with Gasteiger partial charge in [0, 0.05) is 11.8 Å². The first-order valence-corrected chi connectivity index (χ1v) is 11.1. The number of ether oxygens (including phenoxy) is 1. The van der Waals surface area contributed by atoms with Crippen LogP contribution in [-0.2, 0) is 11.2 Å². The van der Waals surface area contributed by atoms with Gasteiger partial charge in [0.15, 0.2) is 6.54 Å². The van der Waals surface area contributed by atoms with Crippen LogP contribution in [0.4, 0.5) is 5.69 Å². The number of amides is 1. The van der Waals surface area contributed by atoms with Crippen LogP contribution in [0.3, 0.4) is 0 Å². The molecule has 1 amide bonds. The highest BCUT2D eigenvalue weighted by Gasteiger charge is 2.25. The van der Waals surface area contributed by atoms with Crippen molar-refractivity contribution in [2.24, 2.45) is 5.92 Å². The van der Waals surface area contributed by atoms with Crippen LogP contribution in [0.5, 0.6) is 5.75 Å². The molecule has 2 aromatic rings. The van der Waals surface area contributed by atoms with Crippen molar-refractivity contribution in [3.8, 4) is 5.75 Å². The second-order valence-corrected chi connectivity index (χ2v) is 8.50. The summed E-state index contributed by atoms with van der Waals surface area (Å²) in [5.74, 6) is 1.37. The van der Waals surface area contributed by atoms with Crippen LogP contribution < -0.4 is 19.9 Å². The Balaban J connectivity index is 1.52. The molecule has 3 rings (SSSR count). The first-order valence-electron chi connectivity index (χ1n) is 11.1. The van der Waals surface area contributed by atoms with Crippen molar-refractivity contribution in [1.29, 1.82) is 0 Å². The molecule has 1 atom stereocenters. The average molecular weight is 411 g/mol. The summed E-state index contributed by atoms with van der Waals surface area (Å²) < 4.78 is 5.34. The van der Waals surface area contributed by atoms with Crippen LogP contribution in [0.1, 0.15) is 37.9 Å². The fraction of sp³-hybridized carbons (Fsp3) is 0.480. The molecule has 1 saturated heterocycles. The third-order valence-electron chi connectivity index (χ3n) is 6.03. The van der Waals surface area contributed by atoms with Gasteiger partial charge in [0.2, 0.25) is 0 Å². The van der Waals surface area contributed by atoms with E-state index in [1.165, 1.54) is 21.7 Å². The fourth-order valence-electron chi connectivity index (χ4n) is 4.11. The van der Waals surface area contributed by atoms with Crippen molar-refractivity contribution in [2.45, 2.75) is 33.2 Å². The lowest BCUT2D eigenvalue weighted by atomic mass is 9.95. The van der Waals surface area contributed by atoms with Gasteiger partial charge in [-0.15, -0.1) is 0 Å². The van der Waals surface area contributed by atoms with Crippen LogP contribution in [0.25, 0.3) is 0 Å². The van der Waals surface area contributed by atoms with Crippen LogP contribution in [0, 0.1) is 5.92 Å². The molecule has 2 aromatic carbocycles. The van der Waals surface area contributed by atoms with E-state index in [2.05, 4.69) is 67.4 Å². The summed E-state index contributed by atoms with van der Waals surface area (Å²) in [7, 11) is 1.70. The highest BCUT2D eigenvalue weighted by Crippen LogP contribution is 2.22. The Labute approximate surface area is 181 Å². The highest BCUT2D eigenvalue weighted by molar-refractivity contribution is 5.77. The van der Waals surface area contributed by atoms with Gasteiger partial charge >= 0.3 is 0 Å². The van der Waals surface area contributed by atoms with Gasteiger partial charge in [-0.3, -0.25) is 4.79 Å². The van der Waals surface area contributed by atoms with Gasteiger partial charge in [0.1, 0.15) is 5.75 Å². The Morgan fingerprint density at radius 2 is 1.83 bits per heavy atom. The Kier molecular flexibility index (Phi) is 7.75. The predicted molar refractivity (Wildman–Crippen MR) is 122 cm³/mol. The Morgan fingerprint density at radius 3 is 2.43 bits per heavy atom. The van der Waals surface area contributed by atoms with Crippen molar-refractivity contribution in [3.63, 3.8) is 0 Å². The zero-order valence-electron chi connectivity index (χ0n) is 18.8. The summed E-state index contributed by atoms with van der Waals surface area (Å²) in [6, 6.07) is 16.9. The molecular formula is C25H36N3O2+. The van der Waals surface area contributed by atoms with E-state index in [-0.39, 0.29) is 11.9 Å². The van der Waals surface area contributed by atoms with E-state index < -0.39 is 0 Å². The smallest absolute Gasteiger partial charge is 0.275 e. The fourth-order valence-corrected chi connectivity index (χ4v) is 4.11. The number of hydrogen-bond acceptors (Lipinski definition) is 3. The number of carbonyl (C=O) groups is 1. The number of nitrogens with one attached hydrogen (secondary N) is 2. The maximum Gasteiger partial charge on any atom is 0.275 e. The lowest BCUT2D eigenvalue weighted by Gasteiger charge is -2.34. The minimum Gasteiger partial charge on any atom is -0.497 e. The molecule has 5 nitrogen and oxygen atoms in total. The number of aryl methyl sites for hydroxylation is 1. The maximum atomic E-state index is 12.8. The van der Waals surface area contributed by atoms with Crippen molar-refractivity contribution in [1.82, 2.24) is 5.32 Å². The molecule has 5 heteroatoms. The summed E-state index contributed by atoms with van der Waals surface area (Å²) in [6.07, 6.45) is 1.03. The molecule has 0 saturated carbocycles. The molecule has 2 N–H and O–H groups in total. The van der Waals surface area contributed by atoms with E-state index in [1.54, 1.807) is 7.11 Å². The molecule has 0 spiro atoms. The van der Waals surface area contributed by atoms with Gasteiger partial charge in [-0.2, -0.15) is 0 Å². The molecule has 30 heavy (non-hydrogen) atoms. The largest absolute Gasteiger partial charge is 0.497 e. The van der Waals surface area contributed by atoms with Gasteiger partial charge in [-0.05, 0) is 35.6 Å². The van der Waals surface area contributed by atoms with E-state index in [1.807, 2.05) is 12.1 Å². The molecule has 1 fully saturated rings. The van der Waals surface area contributed by atoms with Crippen LogP contribution in [0.2, 0.25) is 0 Å². The minimum atomic E-state index is 0.0564. The van der Waals surface area contributed by atoms with Crippen molar-refractivity contribution in [2.75, 3.05) is 44.7 Å². The number of hydrogen-bond donors (Lipinski definition) is 2. The lowest BCUT2D eigenvalue weighted by Crippen LogP contribution is -3.16. The topological polar surface area (TPSA) is 46.0 Å². The number of nitrogens with zero attached hydrogens (tertiary/aromatic N) is 1. The zero-order valence-corrected chi connectivity index (χ0v) is 18.8.